The molecule has 0 radical (unpaired) electrons. The van der Waals surface area contributed by atoms with E-state index in [1.54, 1.807) is 20.0 Å². The summed E-state index contributed by atoms with van der Waals surface area (Å²) in [7, 11) is 1.63. The molecule has 1 aromatic heterocycles. The minimum atomic E-state index is -0.329. The zero-order valence-electron chi connectivity index (χ0n) is 12.7. The van der Waals surface area contributed by atoms with E-state index in [2.05, 4.69) is 12.0 Å². The predicted octanol–water partition coefficient (Wildman–Crippen LogP) is 2.26. The van der Waals surface area contributed by atoms with Gasteiger partial charge in [-0.3, -0.25) is 4.79 Å². The number of rotatable bonds is 5. The van der Waals surface area contributed by atoms with Crippen LogP contribution in [0, 0.1) is 0 Å². The van der Waals surface area contributed by atoms with Crippen LogP contribution in [0.2, 0.25) is 0 Å². The second kappa shape index (κ2) is 6.54. The molecule has 0 saturated heterocycles. The fourth-order valence-corrected chi connectivity index (χ4v) is 2.06. The van der Waals surface area contributed by atoms with Gasteiger partial charge in [-0.25, -0.2) is 4.68 Å². The molecule has 2 aromatic rings. The molecule has 0 spiro atoms. The number of hydrogen-bond donors (Lipinski definition) is 1. The first-order chi connectivity index (χ1) is 10.0. The van der Waals surface area contributed by atoms with E-state index in [1.807, 2.05) is 24.3 Å². The first kappa shape index (κ1) is 15.3. The van der Waals surface area contributed by atoms with Gasteiger partial charge in [0, 0.05) is 24.2 Å². The highest BCUT2D eigenvalue weighted by molar-refractivity contribution is 5.61. The molecule has 0 amide bonds. The van der Waals surface area contributed by atoms with Gasteiger partial charge in [-0.05, 0) is 31.5 Å². The molecule has 0 bridgehead atoms. The van der Waals surface area contributed by atoms with Gasteiger partial charge >= 0.3 is 0 Å². The van der Waals surface area contributed by atoms with Gasteiger partial charge in [0.2, 0.25) is 0 Å². The van der Waals surface area contributed by atoms with E-state index in [9.17, 15) is 4.79 Å². The van der Waals surface area contributed by atoms with E-state index in [1.165, 1.54) is 4.68 Å². The Morgan fingerprint density at radius 1 is 1.38 bits per heavy atom. The Morgan fingerprint density at radius 3 is 2.81 bits per heavy atom. The number of nitrogens with zero attached hydrogens (tertiary/aromatic N) is 2. The topological polar surface area (TPSA) is 70.1 Å². The van der Waals surface area contributed by atoms with Crippen molar-refractivity contribution in [1.29, 1.82) is 0 Å². The standard InChI is InChI=1S/C16H21N3O2/c1-4-8-21-13-7-5-6-12(9-13)15-10-14(11(2)17)16(20)19(3)18-15/h5-7,9-11H,4,8,17H2,1-3H3. The zero-order chi connectivity index (χ0) is 15.4. The lowest BCUT2D eigenvalue weighted by atomic mass is 10.1. The first-order valence-electron chi connectivity index (χ1n) is 7.10. The van der Waals surface area contributed by atoms with Crippen molar-refractivity contribution >= 4 is 0 Å². The summed E-state index contributed by atoms with van der Waals surface area (Å²) in [6, 6.07) is 9.12. The Morgan fingerprint density at radius 2 is 2.14 bits per heavy atom. The van der Waals surface area contributed by atoms with Crippen LogP contribution in [-0.4, -0.2) is 16.4 Å². The number of benzene rings is 1. The van der Waals surface area contributed by atoms with Crippen LogP contribution in [0.5, 0.6) is 5.75 Å². The average Bonchev–Trinajstić information content (AvgIpc) is 2.47. The van der Waals surface area contributed by atoms with Crippen molar-refractivity contribution in [3.63, 3.8) is 0 Å². The van der Waals surface area contributed by atoms with Gasteiger partial charge in [-0.2, -0.15) is 5.10 Å². The maximum absolute atomic E-state index is 12.0. The smallest absolute Gasteiger partial charge is 0.271 e. The van der Waals surface area contributed by atoms with E-state index in [4.69, 9.17) is 10.5 Å². The van der Waals surface area contributed by atoms with Crippen LogP contribution in [0.4, 0.5) is 0 Å². The normalized spacial score (nSPS) is 12.2. The lowest BCUT2D eigenvalue weighted by Crippen LogP contribution is -2.27. The molecule has 2 rings (SSSR count). The van der Waals surface area contributed by atoms with Crippen molar-refractivity contribution in [3.8, 4) is 17.0 Å². The van der Waals surface area contributed by atoms with Crippen LogP contribution in [-0.2, 0) is 7.05 Å². The fraction of sp³-hybridized carbons (Fsp3) is 0.375. The van der Waals surface area contributed by atoms with Crippen molar-refractivity contribution in [2.45, 2.75) is 26.3 Å². The van der Waals surface area contributed by atoms with E-state index >= 15 is 0 Å². The molecular formula is C16H21N3O2. The molecule has 1 atom stereocenters. The number of nitrogens with two attached hydrogens (primary N) is 1. The molecule has 2 N–H and O–H groups in total. The van der Waals surface area contributed by atoms with Gasteiger partial charge in [0.25, 0.3) is 5.56 Å². The molecule has 0 aliphatic carbocycles. The molecular weight excluding hydrogens is 266 g/mol. The third-order valence-electron chi connectivity index (χ3n) is 3.18. The van der Waals surface area contributed by atoms with Crippen LogP contribution in [0.15, 0.2) is 35.1 Å². The van der Waals surface area contributed by atoms with Gasteiger partial charge in [0.05, 0.1) is 12.3 Å². The Kier molecular flexibility index (Phi) is 4.75. The second-order valence-corrected chi connectivity index (χ2v) is 5.08. The monoisotopic (exact) mass is 287 g/mol. The first-order valence-corrected chi connectivity index (χ1v) is 7.10. The Balaban J connectivity index is 2.44. The van der Waals surface area contributed by atoms with E-state index in [0.717, 1.165) is 17.7 Å². The maximum atomic E-state index is 12.0. The third-order valence-corrected chi connectivity index (χ3v) is 3.18. The maximum Gasteiger partial charge on any atom is 0.271 e. The highest BCUT2D eigenvalue weighted by atomic mass is 16.5. The quantitative estimate of drug-likeness (QED) is 0.915. The Bertz CT molecular complexity index is 677. The second-order valence-electron chi connectivity index (χ2n) is 5.08. The van der Waals surface area contributed by atoms with E-state index < -0.39 is 0 Å². The van der Waals surface area contributed by atoms with Crippen LogP contribution in [0.1, 0.15) is 31.9 Å². The molecule has 5 nitrogen and oxygen atoms in total. The molecule has 0 aliphatic rings. The number of aryl methyl sites for hydroxylation is 1. The molecule has 112 valence electrons. The number of ether oxygens (including phenoxy) is 1. The van der Waals surface area contributed by atoms with Crippen molar-refractivity contribution in [3.05, 3.63) is 46.2 Å². The van der Waals surface area contributed by atoms with Crippen molar-refractivity contribution in [2.75, 3.05) is 6.61 Å². The highest BCUT2D eigenvalue weighted by Gasteiger charge is 2.11. The summed E-state index contributed by atoms with van der Waals surface area (Å²) in [5, 5.41) is 4.30. The molecule has 0 saturated carbocycles. The summed E-state index contributed by atoms with van der Waals surface area (Å²) < 4.78 is 6.95. The summed E-state index contributed by atoms with van der Waals surface area (Å²) in [5.41, 5.74) is 7.88. The number of aromatic nitrogens is 2. The lowest BCUT2D eigenvalue weighted by Gasteiger charge is -2.11. The van der Waals surface area contributed by atoms with Gasteiger partial charge < -0.3 is 10.5 Å². The highest BCUT2D eigenvalue weighted by Crippen LogP contribution is 2.23. The van der Waals surface area contributed by atoms with Crippen LogP contribution in [0.3, 0.4) is 0 Å². The summed E-state index contributed by atoms with van der Waals surface area (Å²) in [6.07, 6.45) is 0.956. The minimum absolute atomic E-state index is 0.160. The average molecular weight is 287 g/mol. The van der Waals surface area contributed by atoms with Crippen LogP contribution < -0.4 is 16.0 Å². The Labute approximate surface area is 124 Å². The minimum Gasteiger partial charge on any atom is -0.494 e. The largest absolute Gasteiger partial charge is 0.494 e. The summed E-state index contributed by atoms with van der Waals surface area (Å²) in [4.78, 5) is 12.0. The van der Waals surface area contributed by atoms with Gasteiger partial charge in [0.1, 0.15) is 5.75 Å². The molecule has 21 heavy (non-hydrogen) atoms. The SMILES string of the molecule is CCCOc1cccc(-c2cc(C(C)N)c(=O)n(C)n2)c1. The molecule has 1 heterocycles. The summed E-state index contributed by atoms with van der Waals surface area (Å²) >= 11 is 0. The fourth-order valence-electron chi connectivity index (χ4n) is 2.06. The summed E-state index contributed by atoms with van der Waals surface area (Å²) in [5.74, 6) is 0.798. The van der Waals surface area contributed by atoms with Crippen molar-refractivity contribution in [1.82, 2.24) is 9.78 Å². The molecule has 0 aliphatic heterocycles. The van der Waals surface area contributed by atoms with Gasteiger partial charge in [-0.15, -0.1) is 0 Å². The van der Waals surface area contributed by atoms with Gasteiger partial charge in [-0.1, -0.05) is 19.1 Å². The molecule has 0 fully saturated rings. The predicted molar refractivity (Wildman–Crippen MR) is 83.3 cm³/mol. The molecule has 1 aromatic carbocycles. The molecule has 5 heteroatoms. The summed E-state index contributed by atoms with van der Waals surface area (Å²) in [6.45, 7) is 4.53. The molecule has 1 unspecified atom stereocenters. The zero-order valence-corrected chi connectivity index (χ0v) is 12.7. The Hall–Kier alpha value is -2.14. The van der Waals surface area contributed by atoms with Crippen molar-refractivity contribution < 1.29 is 4.74 Å². The van der Waals surface area contributed by atoms with Crippen LogP contribution >= 0.6 is 0 Å². The van der Waals surface area contributed by atoms with E-state index in [-0.39, 0.29) is 11.6 Å². The van der Waals surface area contributed by atoms with Gasteiger partial charge in [0.15, 0.2) is 0 Å². The number of hydrogen-bond acceptors (Lipinski definition) is 4. The van der Waals surface area contributed by atoms with Crippen LogP contribution in [0.25, 0.3) is 11.3 Å². The third kappa shape index (κ3) is 3.49. The van der Waals surface area contributed by atoms with Crippen molar-refractivity contribution in [2.24, 2.45) is 12.8 Å². The lowest BCUT2D eigenvalue weighted by molar-refractivity contribution is 0.317. The van der Waals surface area contributed by atoms with E-state index in [0.29, 0.717) is 17.9 Å².